The lowest BCUT2D eigenvalue weighted by Gasteiger charge is -2.17. The predicted octanol–water partition coefficient (Wildman–Crippen LogP) is 6.55. The van der Waals surface area contributed by atoms with Crippen LogP contribution in [-0.2, 0) is 0 Å². The van der Waals surface area contributed by atoms with Gasteiger partial charge in [-0.2, -0.15) is 0 Å². The van der Waals surface area contributed by atoms with Crippen molar-refractivity contribution in [3.05, 3.63) is 81.3 Å². The smallest absolute Gasteiger partial charge is 0.0844 e. The Hall–Kier alpha value is -1.31. The van der Waals surface area contributed by atoms with Crippen molar-refractivity contribution in [2.24, 2.45) is 0 Å². The summed E-state index contributed by atoms with van der Waals surface area (Å²) in [5.41, 5.74) is 4.82. The highest BCUT2D eigenvalue weighted by Gasteiger charge is 2.16. The second kappa shape index (κ2) is 5.82. The van der Waals surface area contributed by atoms with Crippen LogP contribution in [0.1, 0.15) is 27.6 Å². The van der Waals surface area contributed by atoms with E-state index < -0.39 is 0 Å². The molecule has 0 fully saturated rings. The summed E-state index contributed by atoms with van der Waals surface area (Å²) < 4.78 is 1.08. The van der Waals surface area contributed by atoms with Crippen LogP contribution in [0.25, 0.3) is 10.8 Å². The molecule has 0 saturated carbocycles. The zero-order valence-electron chi connectivity index (χ0n) is 12.0. The highest BCUT2D eigenvalue weighted by Crippen LogP contribution is 2.36. The molecule has 0 aliphatic rings. The van der Waals surface area contributed by atoms with Crippen LogP contribution >= 0.6 is 27.5 Å². The van der Waals surface area contributed by atoms with Crippen molar-refractivity contribution >= 4 is 38.3 Å². The lowest BCUT2D eigenvalue weighted by molar-refractivity contribution is 1.12. The summed E-state index contributed by atoms with van der Waals surface area (Å²) >= 11 is 10.3. The molecule has 0 aliphatic carbocycles. The van der Waals surface area contributed by atoms with Gasteiger partial charge in [-0.1, -0.05) is 58.4 Å². The Bertz CT molecular complexity index is 808. The molecule has 0 aliphatic heterocycles. The molecular formula is C19H16BrCl. The molecule has 1 atom stereocenters. The molecule has 0 spiro atoms. The standard InChI is InChI=1S/C19H16BrCl/c1-12-7-9-18(17-6-4-3-5-15(12)17)19(21)16-10-8-14(20)11-13(16)2/h3-11,19H,1-2H3. The Labute approximate surface area is 138 Å². The van der Waals surface area contributed by atoms with E-state index in [1.165, 1.54) is 27.5 Å². The van der Waals surface area contributed by atoms with Crippen LogP contribution in [0.3, 0.4) is 0 Å². The summed E-state index contributed by atoms with van der Waals surface area (Å²) in [5.74, 6) is 0. The Morgan fingerprint density at radius 2 is 1.48 bits per heavy atom. The lowest BCUT2D eigenvalue weighted by Crippen LogP contribution is -1.98. The van der Waals surface area contributed by atoms with Crippen LogP contribution < -0.4 is 0 Å². The van der Waals surface area contributed by atoms with E-state index in [1.54, 1.807) is 0 Å². The largest absolute Gasteiger partial charge is 0.113 e. The van der Waals surface area contributed by atoms with E-state index in [0.29, 0.717) is 0 Å². The number of aryl methyl sites for hydroxylation is 2. The quantitative estimate of drug-likeness (QED) is 0.455. The van der Waals surface area contributed by atoms with Crippen molar-refractivity contribution in [2.45, 2.75) is 19.2 Å². The molecule has 0 nitrogen and oxygen atoms in total. The molecule has 0 N–H and O–H groups in total. The molecule has 2 heteroatoms. The number of rotatable bonds is 2. The first-order valence-electron chi connectivity index (χ1n) is 6.96. The molecule has 3 rings (SSSR count). The molecule has 3 aromatic rings. The maximum atomic E-state index is 6.81. The first-order valence-corrected chi connectivity index (χ1v) is 8.19. The van der Waals surface area contributed by atoms with Crippen molar-refractivity contribution in [1.82, 2.24) is 0 Å². The van der Waals surface area contributed by atoms with Crippen LogP contribution in [0.4, 0.5) is 0 Å². The van der Waals surface area contributed by atoms with Crippen LogP contribution in [0, 0.1) is 13.8 Å². The molecule has 3 aromatic carbocycles. The number of hydrogen-bond donors (Lipinski definition) is 0. The molecule has 0 amide bonds. The Morgan fingerprint density at radius 1 is 0.810 bits per heavy atom. The predicted molar refractivity (Wildman–Crippen MR) is 95.3 cm³/mol. The van der Waals surface area contributed by atoms with Gasteiger partial charge in [-0.3, -0.25) is 0 Å². The minimum absolute atomic E-state index is 0.136. The van der Waals surface area contributed by atoms with E-state index in [-0.39, 0.29) is 5.38 Å². The van der Waals surface area contributed by atoms with E-state index >= 15 is 0 Å². The molecule has 1 unspecified atom stereocenters. The molecule has 0 radical (unpaired) electrons. The lowest BCUT2D eigenvalue weighted by atomic mass is 9.94. The zero-order chi connectivity index (χ0) is 15.0. The second-order valence-corrected chi connectivity index (χ2v) is 6.73. The van der Waals surface area contributed by atoms with Gasteiger partial charge in [0.1, 0.15) is 0 Å². The van der Waals surface area contributed by atoms with Crippen molar-refractivity contribution in [3.8, 4) is 0 Å². The van der Waals surface area contributed by atoms with Crippen LogP contribution in [0.2, 0.25) is 0 Å². The second-order valence-electron chi connectivity index (χ2n) is 5.38. The van der Waals surface area contributed by atoms with Gasteiger partial charge >= 0.3 is 0 Å². The highest BCUT2D eigenvalue weighted by molar-refractivity contribution is 9.10. The van der Waals surface area contributed by atoms with Crippen molar-refractivity contribution in [3.63, 3.8) is 0 Å². The Balaban J connectivity index is 2.18. The van der Waals surface area contributed by atoms with Crippen LogP contribution in [0.5, 0.6) is 0 Å². The van der Waals surface area contributed by atoms with Gasteiger partial charge in [0.15, 0.2) is 0 Å². The average Bonchev–Trinajstić information content (AvgIpc) is 2.47. The maximum absolute atomic E-state index is 6.81. The maximum Gasteiger partial charge on any atom is 0.0844 e. The van der Waals surface area contributed by atoms with Gasteiger partial charge < -0.3 is 0 Å². The van der Waals surface area contributed by atoms with Gasteiger partial charge in [0.25, 0.3) is 0 Å². The SMILES string of the molecule is Cc1cc(Br)ccc1C(Cl)c1ccc(C)c2ccccc12. The van der Waals surface area contributed by atoms with Gasteiger partial charge in [-0.15, -0.1) is 11.6 Å². The fourth-order valence-corrected chi connectivity index (χ4v) is 3.70. The van der Waals surface area contributed by atoms with Crippen molar-refractivity contribution in [1.29, 1.82) is 0 Å². The molecule has 0 heterocycles. The summed E-state index contributed by atoms with van der Waals surface area (Å²) in [4.78, 5) is 0. The van der Waals surface area contributed by atoms with Crippen molar-refractivity contribution in [2.75, 3.05) is 0 Å². The summed E-state index contributed by atoms with van der Waals surface area (Å²) in [5, 5.41) is 2.37. The third-order valence-corrected chi connectivity index (χ3v) is 4.92. The topological polar surface area (TPSA) is 0 Å². The highest BCUT2D eigenvalue weighted by atomic mass is 79.9. The minimum atomic E-state index is -0.136. The van der Waals surface area contributed by atoms with E-state index in [0.717, 1.165) is 10.0 Å². The van der Waals surface area contributed by atoms with Gasteiger partial charge in [-0.25, -0.2) is 0 Å². The van der Waals surface area contributed by atoms with E-state index in [4.69, 9.17) is 11.6 Å². The fourth-order valence-electron chi connectivity index (χ4n) is 2.79. The van der Waals surface area contributed by atoms with Crippen LogP contribution in [0.15, 0.2) is 59.1 Å². The first kappa shape index (κ1) is 14.6. The van der Waals surface area contributed by atoms with Gasteiger partial charge in [0.05, 0.1) is 5.38 Å². The first-order chi connectivity index (χ1) is 10.1. The van der Waals surface area contributed by atoms with Gasteiger partial charge in [-0.05, 0) is 59.0 Å². The zero-order valence-corrected chi connectivity index (χ0v) is 14.4. The summed E-state index contributed by atoms with van der Waals surface area (Å²) in [6.07, 6.45) is 0. The van der Waals surface area contributed by atoms with Gasteiger partial charge in [0, 0.05) is 4.47 Å². The molecule has 21 heavy (non-hydrogen) atoms. The van der Waals surface area contributed by atoms with Crippen LogP contribution in [-0.4, -0.2) is 0 Å². The van der Waals surface area contributed by atoms with E-state index in [9.17, 15) is 0 Å². The van der Waals surface area contributed by atoms with Crippen molar-refractivity contribution < 1.29 is 0 Å². The third-order valence-electron chi connectivity index (χ3n) is 3.95. The molecular weight excluding hydrogens is 344 g/mol. The summed E-state index contributed by atoms with van der Waals surface area (Å²) in [6, 6.07) is 19.0. The number of fused-ring (bicyclic) bond motifs is 1. The average molecular weight is 360 g/mol. The number of alkyl halides is 1. The molecule has 106 valence electrons. The number of halogens is 2. The summed E-state index contributed by atoms with van der Waals surface area (Å²) in [7, 11) is 0. The molecule has 0 aromatic heterocycles. The number of benzene rings is 3. The van der Waals surface area contributed by atoms with Gasteiger partial charge in [0.2, 0.25) is 0 Å². The third kappa shape index (κ3) is 2.73. The minimum Gasteiger partial charge on any atom is -0.113 e. The van der Waals surface area contributed by atoms with E-state index in [1.807, 2.05) is 6.07 Å². The molecule has 0 bridgehead atoms. The van der Waals surface area contributed by atoms with E-state index in [2.05, 4.69) is 78.3 Å². The number of hydrogen-bond acceptors (Lipinski definition) is 0. The Morgan fingerprint density at radius 3 is 2.19 bits per heavy atom. The monoisotopic (exact) mass is 358 g/mol. The fraction of sp³-hybridized carbons (Fsp3) is 0.158. The normalized spacial score (nSPS) is 12.6. The Kier molecular flexibility index (Phi) is 4.05. The molecule has 0 saturated heterocycles. The summed E-state index contributed by atoms with van der Waals surface area (Å²) in [6.45, 7) is 4.24.